The first kappa shape index (κ1) is 15.1. The second-order valence-electron chi connectivity index (χ2n) is 4.38. The van der Waals surface area contributed by atoms with E-state index in [2.05, 4.69) is 10.3 Å². The van der Waals surface area contributed by atoms with Gasteiger partial charge in [-0.25, -0.2) is 4.98 Å². The number of halogens is 1. The average molecular weight is 308 g/mol. The third-order valence-electron chi connectivity index (χ3n) is 2.66. The molecule has 0 aliphatic rings. The summed E-state index contributed by atoms with van der Waals surface area (Å²) in [6, 6.07) is 10.2. The lowest BCUT2D eigenvalue weighted by molar-refractivity contribution is -0.384. The van der Waals surface area contributed by atoms with Crippen molar-refractivity contribution in [1.29, 1.82) is 0 Å². The number of anilines is 1. The standard InChI is InChI=1S/C14H14ClN3O3/c1-10-3-2-4-12(7-10)21-6-5-16-14-9-11(18(19)20)8-13(15)17-14/h2-4,7-9H,5-6H2,1H3,(H,16,17). The molecule has 21 heavy (non-hydrogen) atoms. The van der Waals surface area contributed by atoms with Crippen molar-refractivity contribution in [2.45, 2.75) is 6.92 Å². The van der Waals surface area contributed by atoms with Gasteiger partial charge in [0.15, 0.2) is 0 Å². The minimum atomic E-state index is -0.512. The molecule has 0 atom stereocenters. The van der Waals surface area contributed by atoms with E-state index >= 15 is 0 Å². The minimum absolute atomic E-state index is 0.0753. The number of benzene rings is 1. The Morgan fingerprint density at radius 2 is 2.19 bits per heavy atom. The summed E-state index contributed by atoms with van der Waals surface area (Å²) in [7, 11) is 0. The van der Waals surface area contributed by atoms with E-state index in [9.17, 15) is 10.1 Å². The Kier molecular flexibility index (Phi) is 4.94. The summed E-state index contributed by atoms with van der Waals surface area (Å²) in [6.07, 6.45) is 0. The molecule has 0 fully saturated rings. The van der Waals surface area contributed by atoms with E-state index in [1.807, 2.05) is 31.2 Å². The van der Waals surface area contributed by atoms with Gasteiger partial charge in [0.1, 0.15) is 23.3 Å². The molecule has 0 radical (unpaired) electrons. The maximum absolute atomic E-state index is 10.7. The summed E-state index contributed by atoms with van der Waals surface area (Å²) in [5, 5.41) is 13.7. The number of nitro groups is 1. The van der Waals surface area contributed by atoms with Crippen LogP contribution in [0, 0.1) is 17.0 Å². The molecule has 6 nitrogen and oxygen atoms in total. The third kappa shape index (κ3) is 4.61. The molecule has 110 valence electrons. The molecular formula is C14H14ClN3O3. The number of aromatic nitrogens is 1. The molecule has 0 spiro atoms. The Morgan fingerprint density at radius 1 is 1.38 bits per heavy atom. The van der Waals surface area contributed by atoms with Gasteiger partial charge in [0.2, 0.25) is 0 Å². The highest BCUT2D eigenvalue weighted by Gasteiger charge is 2.09. The van der Waals surface area contributed by atoms with E-state index < -0.39 is 4.92 Å². The number of hydrogen-bond acceptors (Lipinski definition) is 5. The Hall–Kier alpha value is -2.34. The Bertz CT molecular complexity index is 649. The molecule has 0 amide bonds. The summed E-state index contributed by atoms with van der Waals surface area (Å²) < 4.78 is 5.56. The molecule has 0 bridgehead atoms. The first-order valence-electron chi connectivity index (χ1n) is 6.30. The van der Waals surface area contributed by atoms with E-state index in [4.69, 9.17) is 16.3 Å². The lowest BCUT2D eigenvalue weighted by Crippen LogP contribution is -2.12. The molecule has 0 unspecified atom stereocenters. The molecule has 0 saturated heterocycles. The number of ether oxygens (including phenoxy) is 1. The normalized spacial score (nSPS) is 10.2. The van der Waals surface area contributed by atoms with Crippen LogP contribution in [0.5, 0.6) is 5.75 Å². The molecule has 1 N–H and O–H groups in total. The Morgan fingerprint density at radius 3 is 2.90 bits per heavy atom. The predicted molar refractivity (Wildman–Crippen MR) is 81.1 cm³/mol. The highest BCUT2D eigenvalue weighted by Crippen LogP contribution is 2.20. The summed E-state index contributed by atoms with van der Waals surface area (Å²) in [4.78, 5) is 14.2. The molecular weight excluding hydrogens is 294 g/mol. The zero-order valence-electron chi connectivity index (χ0n) is 11.4. The fraction of sp³-hybridized carbons (Fsp3) is 0.214. The van der Waals surface area contributed by atoms with Crippen LogP contribution < -0.4 is 10.1 Å². The second kappa shape index (κ2) is 6.90. The van der Waals surface area contributed by atoms with Crippen molar-refractivity contribution in [2.24, 2.45) is 0 Å². The van der Waals surface area contributed by atoms with Crippen LogP contribution >= 0.6 is 11.6 Å². The van der Waals surface area contributed by atoms with Crippen molar-refractivity contribution < 1.29 is 9.66 Å². The highest BCUT2D eigenvalue weighted by atomic mass is 35.5. The van der Waals surface area contributed by atoms with Crippen molar-refractivity contribution in [1.82, 2.24) is 4.98 Å². The van der Waals surface area contributed by atoms with Crippen LogP contribution in [0.15, 0.2) is 36.4 Å². The van der Waals surface area contributed by atoms with Gasteiger partial charge in [0.05, 0.1) is 23.6 Å². The van der Waals surface area contributed by atoms with Gasteiger partial charge >= 0.3 is 0 Å². The van der Waals surface area contributed by atoms with E-state index in [0.29, 0.717) is 19.0 Å². The van der Waals surface area contributed by atoms with Gasteiger partial charge in [-0.05, 0) is 24.6 Å². The first-order valence-corrected chi connectivity index (χ1v) is 6.68. The van der Waals surface area contributed by atoms with Gasteiger partial charge in [-0.1, -0.05) is 23.7 Å². The molecule has 0 aliphatic heterocycles. The number of nitrogens with zero attached hydrogens (tertiary/aromatic N) is 2. The predicted octanol–water partition coefficient (Wildman–Crippen LogP) is 3.44. The van der Waals surface area contributed by atoms with Crippen LogP contribution in [-0.2, 0) is 0 Å². The van der Waals surface area contributed by atoms with Gasteiger partial charge in [-0.3, -0.25) is 10.1 Å². The smallest absolute Gasteiger partial charge is 0.276 e. The van der Waals surface area contributed by atoms with E-state index in [0.717, 1.165) is 11.3 Å². The molecule has 1 aromatic carbocycles. The van der Waals surface area contributed by atoms with Crippen LogP contribution in [0.4, 0.5) is 11.5 Å². The zero-order valence-corrected chi connectivity index (χ0v) is 12.1. The van der Waals surface area contributed by atoms with E-state index in [-0.39, 0.29) is 10.8 Å². The monoisotopic (exact) mass is 307 g/mol. The molecule has 0 saturated carbocycles. The van der Waals surface area contributed by atoms with Crippen LogP contribution in [0.25, 0.3) is 0 Å². The Labute approximate surface area is 126 Å². The maximum atomic E-state index is 10.7. The molecule has 2 aromatic rings. The topological polar surface area (TPSA) is 77.3 Å². The lowest BCUT2D eigenvalue weighted by atomic mass is 10.2. The van der Waals surface area contributed by atoms with E-state index in [1.54, 1.807) is 0 Å². The molecule has 1 heterocycles. The van der Waals surface area contributed by atoms with Gasteiger partial charge < -0.3 is 10.1 Å². The van der Waals surface area contributed by atoms with Crippen LogP contribution in [0.3, 0.4) is 0 Å². The maximum Gasteiger partial charge on any atom is 0.276 e. The molecule has 7 heteroatoms. The Balaban J connectivity index is 1.87. The largest absolute Gasteiger partial charge is 0.492 e. The number of pyridine rings is 1. The third-order valence-corrected chi connectivity index (χ3v) is 2.85. The second-order valence-corrected chi connectivity index (χ2v) is 4.77. The van der Waals surface area contributed by atoms with E-state index in [1.165, 1.54) is 12.1 Å². The van der Waals surface area contributed by atoms with Crippen LogP contribution in [0.1, 0.15) is 5.56 Å². The summed E-state index contributed by atoms with van der Waals surface area (Å²) in [5.41, 5.74) is 1.02. The van der Waals surface area contributed by atoms with Crippen molar-refractivity contribution in [3.8, 4) is 5.75 Å². The highest BCUT2D eigenvalue weighted by molar-refractivity contribution is 6.29. The lowest BCUT2D eigenvalue weighted by Gasteiger charge is -2.08. The molecule has 0 aliphatic carbocycles. The van der Waals surface area contributed by atoms with Crippen LogP contribution in [-0.4, -0.2) is 23.1 Å². The first-order chi connectivity index (χ1) is 10.0. The molecule has 1 aromatic heterocycles. The van der Waals surface area contributed by atoms with Gasteiger partial charge in [-0.2, -0.15) is 0 Å². The number of hydrogen-bond donors (Lipinski definition) is 1. The number of rotatable bonds is 6. The average Bonchev–Trinajstić information content (AvgIpc) is 2.43. The minimum Gasteiger partial charge on any atom is -0.492 e. The number of nitrogens with one attached hydrogen (secondary N) is 1. The molecule has 2 rings (SSSR count). The summed E-state index contributed by atoms with van der Waals surface area (Å²) >= 11 is 5.73. The van der Waals surface area contributed by atoms with Gasteiger partial charge in [0.25, 0.3) is 5.69 Å². The van der Waals surface area contributed by atoms with Gasteiger partial charge in [-0.15, -0.1) is 0 Å². The SMILES string of the molecule is Cc1cccc(OCCNc2cc([N+](=O)[O-])cc(Cl)n2)c1. The van der Waals surface area contributed by atoms with Crippen molar-refractivity contribution >= 4 is 23.1 Å². The van der Waals surface area contributed by atoms with Crippen molar-refractivity contribution in [2.75, 3.05) is 18.5 Å². The zero-order chi connectivity index (χ0) is 15.2. The fourth-order valence-corrected chi connectivity index (χ4v) is 1.94. The summed E-state index contributed by atoms with van der Waals surface area (Å²) in [6.45, 7) is 2.85. The van der Waals surface area contributed by atoms with Gasteiger partial charge in [0, 0.05) is 0 Å². The van der Waals surface area contributed by atoms with Crippen molar-refractivity contribution in [3.05, 3.63) is 57.2 Å². The van der Waals surface area contributed by atoms with Crippen molar-refractivity contribution in [3.63, 3.8) is 0 Å². The quantitative estimate of drug-likeness (QED) is 0.383. The summed E-state index contributed by atoms with van der Waals surface area (Å²) in [5.74, 6) is 1.13. The fourth-order valence-electron chi connectivity index (χ4n) is 1.73. The number of aryl methyl sites for hydroxylation is 1. The van der Waals surface area contributed by atoms with Crippen LogP contribution in [0.2, 0.25) is 5.15 Å².